The molecule has 3 nitrogen and oxygen atoms in total. The highest BCUT2D eigenvalue weighted by molar-refractivity contribution is 9.10. The first kappa shape index (κ1) is 14.4. The Bertz CT molecular complexity index is 608. The van der Waals surface area contributed by atoms with Crippen molar-refractivity contribution in [3.05, 3.63) is 52.6 Å². The average molecular weight is 346 g/mol. The molecule has 110 valence electrons. The summed E-state index contributed by atoms with van der Waals surface area (Å²) in [6.45, 7) is 4.39. The molecule has 0 radical (unpaired) electrons. The van der Waals surface area contributed by atoms with Gasteiger partial charge in [-0.25, -0.2) is 4.98 Å². The molecule has 1 fully saturated rings. The Kier molecular flexibility index (Phi) is 4.44. The van der Waals surface area contributed by atoms with Crippen LogP contribution in [0.4, 0.5) is 11.5 Å². The molecule has 1 aromatic heterocycles. The average Bonchev–Trinajstić information content (AvgIpc) is 3.02. The number of hydrogen-bond donors (Lipinski definition) is 1. The third-order valence-corrected chi connectivity index (χ3v) is 4.66. The Hall–Kier alpha value is -1.55. The highest BCUT2D eigenvalue weighted by Crippen LogP contribution is 2.31. The molecule has 1 saturated heterocycles. The Balaban J connectivity index is 1.83. The largest absolute Gasteiger partial charge is 0.375 e. The molecule has 0 spiro atoms. The van der Waals surface area contributed by atoms with Crippen LogP contribution in [0.25, 0.3) is 0 Å². The van der Waals surface area contributed by atoms with Crippen LogP contribution in [-0.2, 0) is 0 Å². The molecule has 1 N–H and O–H groups in total. The van der Waals surface area contributed by atoms with Crippen LogP contribution in [0.1, 0.15) is 31.4 Å². The molecule has 0 amide bonds. The second-order valence-electron chi connectivity index (χ2n) is 5.46. The minimum atomic E-state index is 0.228. The van der Waals surface area contributed by atoms with Crippen molar-refractivity contribution in [3.8, 4) is 0 Å². The van der Waals surface area contributed by atoms with Crippen molar-refractivity contribution in [1.29, 1.82) is 0 Å². The summed E-state index contributed by atoms with van der Waals surface area (Å²) in [4.78, 5) is 6.95. The fraction of sp³-hybridized carbons (Fsp3) is 0.353. The van der Waals surface area contributed by atoms with Crippen LogP contribution in [0.3, 0.4) is 0 Å². The van der Waals surface area contributed by atoms with Gasteiger partial charge in [0.15, 0.2) is 5.82 Å². The zero-order valence-electron chi connectivity index (χ0n) is 12.2. The van der Waals surface area contributed by atoms with E-state index < -0.39 is 0 Å². The predicted molar refractivity (Wildman–Crippen MR) is 91.9 cm³/mol. The second kappa shape index (κ2) is 6.48. The third kappa shape index (κ3) is 3.21. The van der Waals surface area contributed by atoms with Crippen LogP contribution in [0, 0.1) is 0 Å². The van der Waals surface area contributed by atoms with Gasteiger partial charge in [-0.2, -0.15) is 0 Å². The van der Waals surface area contributed by atoms with E-state index in [4.69, 9.17) is 0 Å². The highest BCUT2D eigenvalue weighted by Gasteiger charge is 2.18. The molecule has 0 aliphatic carbocycles. The lowest BCUT2D eigenvalue weighted by molar-refractivity contribution is 0.866. The molecule has 1 atom stereocenters. The lowest BCUT2D eigenvalue weighted by Gasteiger charge is -2.23. The molecule has 1 aliphatic heterocycles. The fourth-order valence-electron chi connectivity index (χ4n) is 2.83. The Morgan fingerprint density at radius 1 is 1.14 bits per heavy atom. The van der Waals surface area contributed by atoms with Crippen molar-refractivity contribution in [3.63, 3.8) is 0 Å². The number of halogens is 1. The standard InChI is InChI=1S/C17H20BrN3/c1-13(14-7-2-3-8-15(14)18)20-16-9-6-10-19-17(16)21-11-4-5-12-21/h2-3,6-10,13,20H,4-5,11-12H2,1H3. The van der Waals surface area contributed by atoms with Crippen molar-refractivity contribution >= 4 is 27.4 Å². The zero-order valence-corrected chi connectivity index (χ0v) is 13.8. The molecule has 2 aromatic rings. The third-order valence-electron chi connectivity index (χ3n) is 3.94. The second-order valence-corrected chi connectivity index (χ2v) is 6.31. The van der Waals surface area contributed by atoms with E-state index in [9.17, 15) is 0 Å². The number of nitrogens with one attached hydrogen (secondary N) is 1. The maximum atomic E-state index is 4.58. The Labute approximate surface area is 134 Å². The number of aromatic nitrogens is 1. The lowest BCUT2D eigenvalue weighted by Crippen LogP contribution is -2.21. The molecule has 1 aromatic carbocycles. The van der Waals surface area contributed by atoms with Gasteiger partial charge in [0.1, 0.15) is 0 Å². The molecule has 21 heavy (non-hydrogen) atoms. The van der Waals surface area contributed by atoms with E-state index in [0.717, 1.165) is 29.1 Å². The molecule has 1 unspecified atom stereocenters. The van der Waals surface area contributed by atoms with Gasteiger partial charge in [0.25, 0.3) is 0 Å². The summed E-state index contributed by atoms with van der Waals surface area (Å²) in [5.41, 5.74) is 2.37. The normalized spacial score (nSPS) is 16.0. The SMILES string of the molecule is CC(Nc1cccnc1N1CCCC1)c1ccccc1Br. The van der Waals surface area contributed by atoms with E-state index in [1.165, 1.54) is 18.4 Å². The van der Waals surface area contributed by atoms with Gasteiger partial charge in [0.05, 0.1) is 5.69 Å². The van der Waals surface area contributed by atoms with Crippen molar-refractivity contribution < 1.29 is 0 Å². The number of nitrogens with zero attached hydrogens (tertiary/aromatic N) is 2. The molecule has 3 rings (SSSR count). The van der Waals surface area contributed by atoms with E-state index in [1.807, 2.05) is 18.3 Å². The maximum absolute atomic E-state index is 4.58. The van der Waals surface area contributed by atoms with E-state index in [-0.39, 0.29) is 6.04 Å². The quantitative estimate of drug-likeness (QED) is 0.876. The molecular formula is C17H20BrN3. The zero-order chi connectivity index (χ0) is 14.7. The summed E-state index contributed by atoms with van der Waals surface area (Å²) < 4.78 is 1.14. The van der Waals surface area contributed by atoms with Crippen molar-refractivity contribution in [2.24, 2.45) is 0 Å². The molecule has 2 heterocycles. The maximum Gasteiger partial charge on any atom is 0.151 e. The first-order chi connectivity index (χ1) is 10.3. The van der Waals surface area contributed by atoms with E-state index in [2.05, 4.69) is 62.3 Å². The Morgan fingerprint density at radius 2 is 1.90 bits per heavy atom. The van der Waals surface area contributed by atoms with Crippen LogP contribution < -0.4 is 10.2 Å². The number of anilines is 2. The topological polar surface area (TPSA) is 28.2 Å². The van der Waals surface area contributed by atoms with Crippen LogP contribution in [0.5, 0.6) is 0 Å². The van der Waals surface area contributed by atoms with Gasteiger partial charge in [-0.1, -0.05) is 34.1 Å². The first-order valence-corrected chi connectivity index (χ1v) is 8.26. The van der Waals surface area contributed by atoms with Gasteiger partial charge in [-0.05, 0) is 43.5 Å². The van der Waals surface area contributed by atoms with Crippen molar-refractivity contribution in [2.45, 2.75) is 25.8 Å². The summed E-state index contributed by atoms with van der Waals surface area (Å²) >= 11 is 3.63. The summed E-state index contributed by atoms with van der Waals surface area (Å²) in [5.74, 6) is 1.08. The van der Waals surface area contributed by atoms with Crippen LogP contribution in [0.15, 0.2) is 47.1 Å². The number of benzene rings is 1. The molecule has 0 saturated carbocycles. The monoisotopic (exact) mass is 345 g/mol. The number of hydrogen-bond acceptors (Lipinski definition) is 3. The molecule has 4 heteroatoms. The van der Waals surface area contributed by atoms with E-state index in [1.54, 1.807) is 0 Å². The number of pyridine rings is 1. The minimum Gasteiger partial charge on any atom is -0.375 e. The van der Waals surface area contributed by atoms with Gasteiger partial charge in [0, 0.05) is 29.8 Å². The molecular weight excluding hydrogens is 326 g/mol. The number of rotatable bonds is 4. The smallest absolute Gasteiger partial charge is 0.151 e. The molecule has 1 aliphatic rings. The minimum absolute atomic E-state index is 0.228. The van der Waals surface area contributed by atoms with Crippen LogP contribution >= 0.6 is 15.9 Å². The van der Waals surface area contributed by atoms with Gasteiger partial charge < -0.3 is 10.2 Å². The van der Waals surface area contributed by atoms with Crippen molar-refractivity contribution in [1.82, 2.24) is 4.98 Å². The summed E-state index contributed by atoms with van der Waals surface area (Å²) in [6, 6.07) is 12.7. The van der Waals surface area contributed by atoms with Crippen LogP contribution in [0.2, 0.25) is 0 Å². The predicted octanol–water partition coefficient (Wildman–Crippen LogP) is 4.62. The summed E-state index contributed by atoms with van der Waals surface area (Å²) in [7, 11) is 0. The van der Waals surface area contributed by atoms with Gasteiger partial charge in [0.2, 0.25) is 0 Å². The van der Waals surface area contributed by atoms with Gasteiger partial charge in [-0.3, -0.25) is 0 Å². The highest BCUT2D eigenvalue weighted by atomic mass is 79.9. The van der Waals surface area contributed by atoms with Crippen LogP contribution in [-0.4, -0.2) is 18.1 Å². The van der Waals surface area contributed by atoms with E-state index >= 15 is 0 Å². The first-order valence-electron chi connectivity index (χ1n) is 7.46. The summed E-state index contributed by atoms with van der Waals surface area (Å²) in [5, 5.41) is 3.61. The van der Waals surface area contributed by atoms with E-state index in [0.29, 0.717) is 0 Å². The van der Waals surface area contributed by atoms with Crippen molar-refractivity contribution in [2.75, 3.05) is 23.3 Å². The lowest BCUT2D eigenvalue weighted by atomic mass is 10.1. The van der Waals surface area contributed by atoms with Gasteiger partial charge >= 0.3 is 0 Å². The summed E-state index contributed by atoms with van der Waals surface area (Å²) in [6.07, 6.45) is 4.40. The van der Waals surface area contributed by atoms with Gasteiger partial charge in [-0.15, -0.1) is 0 Å². The Morgan fingerprint density at radius 3 is 2.67 bits per heavy atom. The molecule has 0 bridgehead atoms. The fourth-order valence-corrected chi connectivity index (χ4v) is 3.46.